The maximum absolute atomic E-state index is 12.6. The predicted molar refractivity (Wildman–Crippen MR) is 95.2 cm³/mol. The Hall–Kier alpha value is -2.79. The molecule has 0 fully saturated rings. The number of hydrogen-bond acceptors (Lipinski definition) is 4. The zero-order valence-corrected chi connectivity index (χ0v) is 14.3. The van der Waals surface area contributed by atoms with Crippen LogP contribution in [-0.4, -0.2) is 17.7 Å². The molecule has 2 aromatic carbocycles. The van der Waals surface area contributed by atoms with Crippen LogP contribution in [0.2, 0.25) is 5.02 Å². The number of fused-ring (bicyclic) bond motifs is 2. The molecule has 0 radical (unpaired) electrons. The van der Waals surface area contributed by atoms with E-state index in [0.717, 1.165) is 22.2 Å². The lowest BCUT2D eigenvalue weighted by atomic mass is 10.1. The molecule has 1 aliphatic heterocycles. The first kappa shape index (κ1) is 15.7. The van der Waals surface area contributed by atoms with Gasteiger partial charge in [0.2, 0.25) is 6.79 Å². The van der Waals surface area contributed by atoms with Crippen molar-refractivity contribution >= 4 is 28.4 Å². The lowest BCUT2D eigenvalue weighted by Crippen LogP contribution is -2.24. The molecule has 6 heteroatoms. The summed E-state index contributed by atoms with van der Waals surface area (Å²) in [6.45, 7) is 2.45. The van der Waals surface area contributed by atoms with Crippen molar-refractivity contribution in [2.24, 2.45) is 0 Å². The van der Waals surface area contributed by atoms with Crippen molar-refractivity contribution in [2.75, 3.05) is 6.79 Å². The summed E-state index contributed by atoms with van der Waals surface area (Å²) >= 11 is 6.03. The van der Waals surface area contributed by atoms with Gasteiger partial charge in [-0.1, -0.05) is 17.7 Å². The number of rotatable bonds is 3. The molecule has 5 nitrogen and oxygen atoms in total. The summed E-state index contributed by atoms with van der Waals surface area (Å²) in [5.41, 5.74) is 2.97. The van der Waals surface area contributed by atoms with Gasteiger partial charge >= 0.3 is 0 Å². The molecule has 1 aromatic heterocycles. The van der Waals surface area contributed by atoms with E-state index < -0.39 is 0 Å². The Morgan fingerprint density at radius 1 is 1.16 bits per heavy atom. The van der Waals surface area contributed by atoms with Gasteiger partial charge in [-0.15, -0.1) is 0 Å². The highest BCUT2D eigenvalue weighted by molar-refractivity contribution is 6.31. The van der Waals surface area contributed by atoms with E-state index >= 15 is 0 Å². The number of halogens is 1. The van der Waals surface area contributed by atoms with Crippen molar-refractivity contribution in [2.45, 2.75) is 13.5 Å². The smallest absolute Gasteiger partial charge is 0.253 e. The topological polar surface area (TPSA) is 60.5 Å². The zero-order chi connectivity index (χ0) is 17.4. The fourth-order valence-corrected chi connectivity index (χ4v) is 2.98. The Morgan fingerprint density at radius 3 is 2.88 bits per heavy atom. The molecule has 0 atom stereocenters. The minimum Gasteiger partial charge on any atom is -0.454 e. The van der Waals surface area contributed by atoms with E-state index in [9.17, 15) is 4.79 Å². The molecule has 0 saturated carbocycles. The van der Waals surface area contributed by atoms with Crippen molar-refractivity contribution in [3.8, 4) is 11.5 Å². The van der Waals surface area contributed by atoms with Crippen molar-refractivity contribution in [3.05, 3.63) is 64.3 Å². The fraction of sp³-hybridized carbons (Fsp3) is 0.158. The third kappa shape index (κ3) is 3.10. The molecule has 1 amide bonds. The molecule has 0 bridgehead atoms. The number of ether oxygens (including phenoxy) is 2. The second kappa shape index (κ2) is 6.26. The number of benzene rings is 2. The molecule has 1 aliphatic rings. The molecular formula is C19H15ClN2O3. The van der Waals surface area contributed by atoms with Gasteiger partial charge < -0.3 is 14.8 Å². The van der Waals surface area contributed by atoms with Gasteiger partial charge in [0.1, 0.15) is 0 Å². The monoisotopic (exact) mass is 354 g/mol. The summed E-state index contributed by atoms with van der Waals surface area (Å²) in [6, 6.07) is 12.9. The van der Waals surface area contributed by atoms with Crippen molar-refractivity contribution < 1.29 is 14.3 Å². The second-order valence-electron chi connectivity index (χ2n) is 5.83. The van der Waals surface area contributed by atoms with Crippen LogP contribution in [-0.2, 0) is 6.54 Å². The van der Waals surface area contributed by atoms with Gasteiger partial charge in [-0.2, -0.15) is 0 Å². The SMILES string of the molecule is Cc1nc2ccc(Cl)cc2cc1C(=O)NCc1ccc2c(c1)OCO2. The first-order valence-corrected chi connectivity index (χ1v) is 8.21. The number of hydrogen-bond donors (Lipinski definition) is 1. The van der Waals surface area contributed by atoms with E-state index in [0.29, 0.717) is 28.6 Å². The molecule has 3 aromatic rings. The minimum atomic E-state index is -0.176. The standard InChI is InChI=1S/C19H15ClN2O3/c1-11-15(8-13-7-14(20)3-4-16(13)22-11)19(23)21-9-12-2-5-17-18(6-12)25-10-24-17/h2-8H,9-10H2,1H3,(H,21,23). The van der Waals surface area contributed by atoms with Crippen LogP contribution in [0.1, 0.15) is 21.6 Å². The maximum atomic E-state index is 12.6. The van der Waals surface area contributed by atoms with Crippen LogP contribution in [0.3, 0.4) is 0 Å². The summed E-state index contributed by atoms with van der Waals surface area (Å²) < 4.78 is 10.6. The van der Waals surface area contributed by atoms with Crippen molar-refractivity contribution in [3.63, 3.8) is 0 Å². The highest BCUT2D eigenvalue weighted by Gasteiger charge is 2.15. The Bertz CT molecular complexity index is 988. The van der Waals surface area contributed by atoms with Gasteiger partial charge in [0.15, 0.2) is 11.5 Å². The third-order valence-corrected chi connectivity index (χ3v) is 4.34. The number of aromatic nitrogens is 1. The van der Waals surface area contributed by atoms with Gasteiger partial charge in [-0.25, -0.2) is 0 Å². The summed E-state index contributed by atoms with van der Waals surface area (Å²) in [5.74, 6) is 1.25. The first-order chi connectivity index (χ1) is 12.1. The molecule has 126 valence electrons. The van der Waals surface area contributed by atoms with Crippen LogP contribution in [0, 0.1) is 6.92 Å². The van der Waals surface area contributed by atoms with Crippen LogP contribution >= 0.6 is 11.6 Å². The molecule has 0 spiro atoms. The van der Waals surface area contributed by atoms with Crippen LogP contribution < -0.4 is 14.8 Å². The molecule has 0 aliphatic carbocycles. The number of carbonyl (C=O) groups is 1. The Balaban J connectivity index is 1.54. The minimum absolute atomic E-state index is 0.176. The van der Waals surface area contributed by atoms with E-state index in [2.05, 4.69) is 10.3 Å². The highest BCUT2D eigenvalue weighted by atomic mass is 35.5. The quantitative estimate of drug-likeness (QED) is 0.776. The molecule has 1 N–H and O–H groups in total. The lowest BCUT2D eigenvalue weighted by molar-refractivity contribution is 0.0950. The van der Waals surface area contributed by atoms with Crippen LogP contribution in [0.15, 0.2) is 42.5 Å². The van der Waals surface area contributed by atoms with Gasteiger partial charge in [0, 0.05) is 17.0 Å². The molecule has 0 saturated heterocycles. The lowest BCUT2D eigenvalue weighted by Gasteiger charge is -2.09. The molecule has 2 heterocycles. The van der Waals surface area contributed by atoms with E-state index in [1.54, 1.807) is 12.1 Å². The zero-order valence-electron chi connectivity index (χ0n) is 13.5. The molecule has 0 unspecified atom stereocenters. The number of nitrogens with zero attached hydrogens (tertiary/aromatic N) is 1. The first-order valence-electron chi connectivity index (χ1n) is 7.84. The molecule has 4 rings (SSSR count). The second-order valence-corrected chi connectivity index (χ2v) is 6.27. The number of aryl methyl sites for hydroxylation is 1. The van der Waals surface area contributed by atoms with Gasteiger partial charge in [0.05, 0.1) is 16.8 Å². The average Bonchev–Trinajstić information content (AvgIpc) is 3.07. The van der Waals surface area contributed by atoms with E-state index in [1.165, 1.54) is 0 Å². The van der Waals surface area contributed by atoms with Gasteiger partial charge in [-0.05, 0) is 48.9 Å². The summed E-state index contributed by atoms with van der Waals surface area (Å²) in [5, 5.41) is 4.37. The van der Waals surface area contributed by atoms with E-state index in [-0.39, 0.29) is 12.7 Å². The highest BCUT2D eigenvalue weighted by Crippen LogP contribution is 2.32. The Labute approximate surface area is 149 Å². The summed E-state index contributed by atoms with van der Waals surface area (Å²) in [6.07, 6.45) is 0. The van der Waals surface area contributed by atoms with Crippen molar-refractivity contribution in [1.82, 2.24) is 10.3 Å². The van der Waals surface area contributed by atoms with Crippen LogP contribution in [0.25, 0.3) is 10.9 Å². The number of amides is 1. The van der Waals surface area contributed by atoms with Crippen LogP contribution in [0.4, 0.5) is 0 Å². The number of pyridine rings is 1. The van der Waals surface area contributed by atoms with Crippen LogP contribution in [0.5, 0.6) is 11.5 Å². The number of nitrogens with one attached hydrogen (secondary N) is 1. The summed E-state index contributed by atoms with van der Waals surface area (Å²) in [4.78, 5) is 17.0. The average molecular weight is 355 g/mol. The maximum Gasteiger partial charge on any atom is 0.253 e. The van der Waals surface area contributed by atoms with Crippen molar-refractivity contribution in [1.29, 1.82) is 0 Å². The third-order valence-electron chi connectivity index (χ3n) is 4.10. The molecular weight excluding hydrogens is 340 g/mol. The largest absolute Gasteiger partial charge is 0.454 e. The van der Waals surface area contributed by atoms with Gasteiger partial charge in [-0.3, -0.25) is 9.78 Å². The van der Waals surface area contributed by atoms with Gasteiger partial charge in [0.25, 0.3) is 5.91 Å². The fourth-order valence-electron chi connectivity index (χ4n) is 2.80. The summed E-state index contributed by atoms with van der Waals surface area (Å²) in [7, 11) is 0. The molecule has 25 heavy (non-hydrogen) atoms. The number of carbonyl (C=O) groups excluding carboxylic acids is 1. The predicted octanol–water partition coefficient (Wildman–Crippen LogP) is 3.86. The van der Waals surface area contributed by atoms with E-state index in [4.69, 9.17) is 21.1 Å². The van der Waals surface area contributed by atoms with E-state index in [1.807, 2.05) is 37.3 Å². The Kier molecular flexibility index (Phi) is 3.93. The normalized spacial score (nSPS) is 12.4. The Morgan fingerprint density at radius 2 is 2.00 bits per heavy atom.